The van der Waals surface area contributed by atoms with Crippen LogP contribution in [0.2, 0.25) is 0 Å². The molecule has 7 heteroatoms. The molecule has 0 fully saturated rings. The Hall–Kier alpha value is -2.67. The van der Waals surface area contributed by atoms with E-state index in [4.69, 9.17) is 15.9 Å². The lowest BCUT2D eigenvalue weighted by molar-refractivity contribution is 0.186. The zero-order valence-electron chi connectivity index (χ0n) is 12.6. The third-order valence-corrected chi connectivity index (χ3v) is 3.21. The number of hydrogen-bond donors (Lipinski definition) is 3. The van der Waals surface area contributed by atoms with Gasteiger partial charge in [0.2, 0.25) is 0 Å². The van der Waals surface area contributed by atoms with E-state index in [0.29, 0.717) is 41.1 Å². The number of anilines is 1. The van der Waals surface area contributed by atoms with Crippen molar-refractivity contribution < 1.29 is 4.74 Å². The number of nitrogen functional groups attached to an aromatic ring is 1. The molecule has 116 valence electrons. The van der Waals surface area contributed by atoms with E-state index in [-0.39, 0.29) is 5.56 Å². The van der Waals surface area contributed by atoms with Gasteiger partial charge >= 0.3 is 0 Å². The van der Waals surface area contributed by atoms with Gasteiger partial charge in [0.05, 0.1) is 29.6 Å². The zero-order chi connectivity index (χ0) is 16.1. The van der Waals surface area contributed by atoms with Gasteiger partial charge in [0.1, 0.15) is 5.82 Å². The lowest BCUT2D eigenvalue weighted by Crippen LogP contribution is -2.27. The van der Waals surface area contributed by atoms with Gasteiger partial charge in [-0.05, 0) is 18.2 Å². The number of fused-ring (bicyclic) bond motifs is 1. The highest BCUT2D eigenvalue weighted by molar-refractivity contribution is 6.07. The van der Waals surface area contributed by atoms with Crippen LogP contribution in [0.4, 0.5) is 5.69 Å². The molecule has 7 nitrogen and oxygen atoms in total. The van der Waals surface area contributed by atoms with E-state index < -0.39 is 0 Å². The molecule has 0 aliphatic rings. The highest BCUT2D eigenvalue weighted by atomic mass is 16.5. The van der Waals surface area contributed by atoms with Crippen molar-refractivity contribution in [2.24, 2.45) is 0 Å². The monoisotopic (exact) mass is 301 g/mol. The van der Waals surface area contributed by atoms with Gasteiger partial charge in [-0.1, -0.05) is 0 Å². The van der Waals surface area contributed by atoms with Crippen LogP contribution in [0.5, 0.6) is 0 Å². The van der Waals surface area contributed by atoms with E-state index >= 15 is 0 Å². The second-order valence-corrected chi connectivity index (χ2v) is 4.69. The number of methoxy groups -OCH3 is 1. The zero-order valence-corrected chi connectivity index (χ0v) is 12.6. The van der Waals surface area contributed by atoms with Gasteiger partial charge in [0.25, 0.3) is 5.56 Å². The van der Waals surface area contributed by atoms with Crippen LogP contribution in [0.15, 0.2) is 29.2 Å². The first kappa shape index (κ1) is 15.7. The molecular formula is C15H19N5O2. The highest BCUT2D eigenvalue weighted by Gasteiger charge is 2.13. The molecule has 0 bridgehead atoms. The van der Waals surface area contributed by atoms with Crippen LogP contribution in [-0.2, 0) is 11.3 Å². The van der Waals surface area contributed by atoms with Crippen LogP contribution in [0.1, 0.15) is 5.82 Å². The fourth-order valence-corrected chi connectivity index (χ4v) is 2.18. The third-order valence-electron chi connectivity index (χ3n) is 3.21. The number of nitrogens with two attached hydrogens (primary N) is 1. The Balaban J connectivity index is 2.77. The number of rotatable bonds is 6. The highest BCUT2D eigenvalue weighted by Crippen LogP contribution is 2.16. The lowest BCUT2D eigenvalue weighted by atomic mass is 10.2. The van der Waals surface area contributed by atoms with Crippen LogP contribution < -0.4 is 16.6 Å². The average Bonchev–Trinajstić information content (AvgIpc) is 2.52. The van der Waals surface area contributed by atoms with Crippen LogP contribution in [-0.4, -0.2) is 36.5 Å². The van der Waals surface area contributed by atoms with Crippen molar-refractivity contribution in [3.8, 4) is 0 Å². The molecule has 1 aromatic heterocycles. The Morgan fingerprint density at radius 1 is 1.55 bits per heavy atom. The molecule has 0 amide bonds. The van der Waals surface area contributed by atoms with E-state index in [0.717, 1.165) is 6.21 Å². The number of hydrogen-bond acceptors (Lipinski definition) is 6. The Labute approximate surface area is 127 Å². The van der Waals surface area contributed by atoms with Crippen molar-refractivity contribution in [2.45, 2.75) is 6.54 Å². The van der Waals surface area contributed by atoms with Gasteiger partial charge in [0, 0.05) is 32.3 Å². The van der Waals surface area contributed by atoms with E-state index in [1.165, 1.54) is 4.57 Å². The lowest BCUT2D eigenvalue weighted by Gasteiger charge is -2.14. The summed E-state index contributed by atoms with van der Waals surface area (Å²) in [7, 11) is 3.29. The standard InChI is InChI=1S/C15H19N5O2/c1-18-9-10(8-16)14-19-13-4-3-11(17)7-12(13)15(21)20(14)5-6-22-2/h3-4,7-9,16,18H,5-6,17H2,1-2H3/b10-9+,16-8?. The molecule has 0 saturated carbocycles. The predicted molar refractivity (Wildman–Crippen MR) is 88.1 cm³/mol. The Bertz CT molecular complexity index is 779. The molecule has 2 aromatic rings. The van der Waals surface area contributed by atoms with Crippen molar-refractivity contribution in [1.82, 2.24) is 14.9 Å². The molecule has 0 atom stereocenters. The Kier molecular flexibility index (Phi) is 4.90. The van der Waals surface area contributed by atoms with Gasteiger partial charge in [-0.25, -0.2) is 4.98 Å². The summed E-state index contributed by atoms with van der Waals surface area (Å²) in [5.74, 6) is 0.420. The van der Waals surface area contributed by atoms with Gasteiger partial charge in [0.15, 0.2) is 0 Å². The SMILES string of the molecule is CN/C=C(\C=N)c1nc2ccc(N)cc2c(=O)n1CCOC. The smallest absolute Gasteiger partial charge is 0.261 e. The van der Waals surface area contributed by atoms with Crippen LogP contribution in [0.25, 0.3) is 16.5 Å². The maximum Gasteiger partial charge on any atom is 0.261 e. The summed E-state index contributed by atoms with van der Waals surface area (Å²) >= 11 is 0. The quantitative estimate of drug-likeness (QED) is 0.541. The molecule has 1 aromatic carbocycles. The van der Waals surface area contributed by atoms with E-state index in [1.807, 2.05) is 0 Å². The summed E-state index contributed by atoms with van der Waals surface area (Å²) in [6, 6.07) is 5.02. The first-order chi connectivity index (χ1) is 10.6. The second kappa shape index (κ2) is 6.86. The van der Waals surface area contributed by atoms with E-state index in [2.05, 4.69) is 10.3 Å². The van der Waals surface area contributed by atoms with Crippen LogP contribution >= 0.6 is 0 Å². The number of nitrogens with zero attached hydrogens (tertiary/aromatic N) is 2. The van der Waals surface area contributed by atoms with E-state index in [9.17, 15) is 4.79 Å². The fourth-order valence-electron chi connectivity index (χ4n) is 2.18. The summed E-state index contributed by atoms with van der Waals surface area (Å²) in [5, 5.41) is 10.9. The third kappa shape index (κ3) is 2.99. The number of nitrogens with one attached hydrogen (secondary N) is 2. The predicted octanol–water partition coefficient (Wildman–Crippen LogP) is 0.835. The van der Waals surface area contributed by atoms with Crippen LogP contribution in [0.3, 0.4) is 0 Å². The number of benzene rings is 1. The molecular weight excluding hydrogens is 282 g/mol. The Morgan fingerprint density at radius 2 is 2.32 bits per heavy atom. The van der Waals surface area contributed by atoms with Crippen molar-refractivity contribution >= 4 is 28.4 Å². The molecule has 0 spiro atoms. The van der Waals surface area contributed by atoms with Gasteiger partial charge in [-0.2, -0.15) is 0 Å². The van der Waals surface area contributed by atoms with Crippen molar-refractivity contribution in [3.05, 3.63) is 40.6 Å². The summed E-state index contributed by atoms with van der Waals surface area (Å²) in [6.45, 7) is 0.713. The molecule has 0 radical (unpaired) electrons. The number of allylic oxidation sites excluding steroid dienone is 1. The minimum atomic E-state index is -0.201. The number of ether oxygens (including phenoxy) is 1. The molecule has 1 heterocycles. The topological polar surface area (TPSA) is 106 Å². The Morgan fingerprint density at radius 3 is 2.95 bits per heavy atom. The average molecular weight is 301 g/mol. The summed E-state index contributed by atoms with van der Waals surface area (Å²) < 4.78 is 6.56. The summed E-state index contributed by atoms with van der Waals surface area (Å²) in [6.07, 6.45) is 2.78. The van der Waals surface area contributed by atoms with Gasteiger partial charge in [-0.15, -0.1) is 0 Å². The summed E-state index contributed by atoms with van der Waals surface area (Å²) in [5.41, 5.74) is 7.12. The molecule has 0 saturated heterocycles. The largest absolute Gasteiger partial charge is 0.399 e. The first-order valence-electron chi connectivity index (χ1n) is 6.79. The minimum absolute atomic E-state index is 0.201. The first-order valence-corrected chi connectivity index (χ1v) is 6.79. The van der Waals surface area contributed by atoms with E-state index in [1.54, 1.807) is 38.6 Å². The summed E-state index contributed by atoms with van der Waals surface area (Å²) in [4.78, 5) is 17.2. The molecule has 0 aliphatic carbocycles. The van der Waals surface area contributed by atoms with Gasteiger partial charge in [-0.3, -0.25) is 9.36 Å². The second-order valence-electron chi connectivity index (χ2n) is 4.69. The fraction of sp³-hybridized carbons (Fsp3) is 0.267. The molecule has 4 N–H and O–H groups in total. The van der Waals surface area contributed by atoms with Crippen LogP contribution in [0, 0.1) is 5.41 Å². The van der Waals surface area contributed by atoms with Crippen molar-refractivity contribution in [2.75, 3.05) is 26.5 Å². The normalized spacial score (nSPS) is 11.6. The minimum Gasteiger partial charge on any atom is -0.399 e. The maximum absolute atomic E-state index is 12.7. The van der Waals surface area contributed by atoms with Gasteiger partial charge < -0.3 is 21.2 Å². The van der Waals surface area contributed by atoms with Crippen molar-refractivity contribution in [1.29, 1.82) is 5.41 Å². The molecule has 22 heavy (non-hydrogen) atoms. The molecule has 0 unspecified atom stereocenters. The number of aromatic nitrogens is 2. The molecule has 2 rings (SSSR count). The molecule has 0 aliphatic heterocycles. The maximum atomic E-state index is 12.7. The van der Waals surface area contributed by atoms with Crippen molar-refractivity contribution in [3.63, 3.8) is 0 Å².